The highest BCUT2D eigenvalue weighted by Gasteiger charge is 2.39. The summed E-state index contributed by atoms with van der Waals surface area (Å²) in [6, 6.07) is 7.07. The molecule has 0 saturated carbocycles. The fraction of sp³-hybridized carbons (Fsp3) is 0.524. The van der Waals surface area contributed by atoms with Crippen molar-refractivity contribution in [2.24, 2.45) is 0 Å². The summed E-state index contributed by atoms with van der Waals surface area (Å²) in [5.41, 5.74) is 0.238. The van der Waals surface area contributed by atoms with Crippen molar-refractivity contribution in [1.82, 2.24) is 15.5 Å². The second-order valence-corrected chi connectivity index (χ2v) is 9.07. The van der Waals surface area contributed by atoms with Crippen molar-refractivity contribution < 1.29 is 23.0 Å². The van der Waals surface area contributed by atoms with Crippen LogP contribution in [0.25, 0.3) is 11.3 Å². The van der Waals surface area contributed by atoms with Gasteiger partial charge in [0.15, 0.2) is 5.82 Å². The fourth-order valence-corrected chi connectivity index (χ4v) is 4.32. The molecule has 9 heteroatoms. The Kier molecular flexibility index (Phi) is 5.62. The Bertz CT molecular complexity index is 882. The summed E-state index contributed by atoms with van der Waals surface area (Å²) in [5, 5.41) is 21.5. The number of aromatic nitrogens is 2. The van der Waals surface area contributed by atoms with Gasteiger partial charge in [-0.1, -0.05) is 0 Å². The van der Waals surface area contributed by atoms with Crippen LogP contribution in [0.3, 0.4) is 0 Å². The molecule has 1 aromatic heterocycles. The van der Waals surface area contributed by atoms with Gasteiger partial charge in [0.25, 0.3) is 0 Å². The van der Waals surface area contributed by atoms with Gasteiger partial charge in [0, 0.05) is 35.8 Å². The number of halogens is 3. The van der Waals surface area contributed by atoms with Crippen LogP contribution in [-0.2, 0) is 0 Å². The molecule has 3 rings (SSSR count). The van der Waals surface area contributed by atoms with Crippen molar-refractivity contribution in [3.05, 3.63) is 30.3 Å². The minimum absolute atomic E-state index is 0.0378. The van der Waals surface area contributed by atoms with Gasteiger partial charge in [0.1, 0.15) is 11.5 Å². The molecule has 0 aliphatic carbocycles. The molecule has 1 aromatic carbocycles. The standard InChI is InChI=1S/C21H27F3N4O2/c1-19(2)11-13(12-20(3,4)27-19)28(5)18-9-8-16(25-26-18)15-7-6-14(29)10-17(15)30-21(22,23)24/h6-10,13,27,29H,11-12H2,1-5H3. The van der Waals surface area contributed by atoms with Gasteiger partial charge in [0.05, 0.1) is 5.69 Å². The number of nitrogens with one attached hydrogen (secondary N) is 1. The van der Waals surface area contributed by atoms with Crippen LogP contribution in [0, 0.1) is 0 Å². The largest absolute Gasteiger partial charge is 0.573 e. The van der Waals surface area contributed by atoms with Crippen LogP contribution in [0.15, 0.2) is 30.3 Å². The van der Waals surface area contributed by atoms with Crippen molar-refractivity contribution in [2.75, 3.05) is 11.9 Å². The lowest BCUT2D eigenvalue weighted by Crippen LogP contribution is -2.62. The monoisotopic (exact) mass is 424 g/mol. The number of anilines is 1. The Morgan fingerprint density at radius 1 is 1.07 bits per heavy atom. The highest BCUT2D eigenvalue weighted by molar-refractivity contribution is 5.68. The van der Waals surface area contributed by atoms with E-state index in [0.29, 0.717) is 5.82 Å². The highest BCUT2D eigenvalue weighted by Crippen LogP contribution is 2.36. The van der Waals surface area contributed by atoms with E-state index in [1.807, 2.05) is 7.05 Å². The van der Waals surface area contributed by atoms with Crippen LogP contribution in [0.2, 0.25) is 0 Å². The summed E-state index contributed by atoms with van der Waals surface area (Å²) >= 11 is 0. The van der Waals surface area contributed by atoms with Crippen LogP contribution in [0.5, 0.6) is 11.5 Å². The summed E-state index contributed by atoms with van der Waals surface area (Å²) in [7, 11) is 1.95. The Morgan fingerprint density at radius 3 is 2.23 bits per heavy atom. The lowest BCUT2D eigenvalue weighted by Gasteiger charge is -2.49. The van der Waals surface area contributed by atoms with Gasteiger partial charge in [-0.3, -0.25) is 0 Å². The summed E-state index contributed by atoms with van der Waals surface area (Å²) < 4.78 is 42.2. The molecule has 1 aliphatic heterocycles. The van der Waals surface area contributed by atoms with Crippen molar-refractivity contribution >= 4 is 5.82 Å². The van der Waals surface area contributed by atoms with Gasteiger partial charge < -0.3 is 20.1 Å². The van der Waals surface area contributed by atoms with Gasteiger partial charge in [0.2, 0.25) is 0 Å². The van der Waals surface area contributed by atoms with Gasteiger partial charge in [-0.05, 0) is 64.8 Å². The van der Waals surface area contributed by atoms with E-state index >= 15 is 0 Å². The normalized spacial score (nSPS) is 18.8. The second kappa shape index (κ2) is 7.61. The third-order valence-electron chi connectivity index (χ3n) is 5.20. The number of nitrogens with zero attached hydrogens (tertiary/aromatic N) is 3. The maximum Gasteiger partial charge on any atom is 0.573 e. The molecule has 2 aromatic rings. The maximum absolute atomic E-state index is 12.7. The van der Waals surface area contributed by atoms with Crippen molar-refractivity contribution in [3.63, 3.8) is 0 Å². The molecule has 0 amide bonds. The van der Waals surface area contributed by atoms with Gasteiger partial charge >= 0.3 is 6.36 Å². The number of ether oxygens (including phenoxy) is 1. The van der Waals surface area contributed by atoms with Crippen LogP contribution in [0.4, 0.5) is 19.0 Å². The third-order valence-corrected chi connectivity index (χ3v) is 5.20. The number of aromatic hydroxyl groups is 1. The number of rotatable bonds is 4. The molecule has 0 radical (unpaired) electrons. The minimum atomic E-state index is -4.88. The lowest BCUT2D eigenvalue weighted by molar-refractivity contribution is -0.274. The van der Waals surface area contributed by atoms with E-state index in [2.05, 4.69) is 52.8 Å². The third kappa shape index (κ3) is 5.33. The predicted octanol–water partition coefficient (Wildman–Crippen LogP) is 4.49. The predicted molar refractivity (Wildman–Crippen MR) is 109 cm³/mol. The zero-order valence-corrected chi connectivity index (χ0v) is 17.7. The van der Waals surface area contributed by atoms with E-state index < -0.39 is 12.1 Å². The SMILES string of the molecule is CN(c1ccc(-c2ccc(O)cc2OC(F)(F)F)nn1)C1CC(C)(C)NC(C)(C)C1. The Balaban J connectivity index is 1.85. The second-order valence-electron chi connectivity index (χ2n) is 9.07. The first kappa shape index (κ1) is 22.1. The number of benzene rings is 1. The Labute approximate surface area is 174 Å². The highest BCUT2D eigenvalue weighted by atomic mass is 19.4. The molecule has 1 aliphatic rings. The summed E-state index contributed by atoms with van der Waals surface area (Å²) in [5.74, 6) is -0.229. The molecule has 2 heterocycles. The number of phenolic OH excluding ortho intramolecular Hbond substituents is 1. The quantitative estimate of drug-likeness (QED) is 0.754. The fourth-order valence-electron chi connectivity index (χ4n) is 4.32. The molecule has 0 bridgehead atoms. The smallest absolute Gasteiger partial charge is 0.508 e. The molecular formula is C21H27F3N4O2. The molecule has 6 nitrogen and oxygen atoms in total. The van der Waals surface area contributed by atoms with Crippen LogP contribution >= 0.6 is 0 Å². The lowest BCUT2D eigenvalue weighted by atomic mass is 9.79. The van der Waals surface area contributed by atoms with E-state index in [1.165, 1.54) is 12.1 Å². The van der Waals surface area contributed by atoms with Crippen molar-refractivity contribution in [3.8, 4) is 22.8 Å². The van der Waals surface area contributed by atoms with Gasteiger partial charge in [-0.15, -0.1) is 23.4 Å². The number of hydrogen-bond acceptors (Lipinski definition) is 6. The van der Waals surface area contributed by atoms with Crippen LogP contribution in [0.1, 0.15) is 40.5 Å². The first-order valence-corrected chi connectivity index (χ1v) is 9.70. The molecule has 0 spiro atoms. The minimum Gasteiger partial charge on any atom is -0.508 e. The van der Waals surface area contributed by atoms with E-state index in [1.54, 1.807) is 12.1 Å². The summed E-state index contributed by atoms with van der Waals surface area (Å²) in [4.78, 5) is 2.06. The van der Waals surface area contributed by atoms with Crippen molar-refractivity contribution in [2.45, 2.75) is 64.0 Å². The molecule has 0 atom stereocenters. The number of alkyl halides is 3. The first-order valence-electron chi connectivity index (χ1n) is 9.70. The zero-order chi connectivity index (χ0) is 22.3. The molecule has 1 saturated heterocycles. The van der Waals surface area contributed by atoms with Gasteiger partial charge in [-0.2, -0.15) is 0 Å². The first-order chi connectivity index (χ1) is 13.7. The summed E-state index contributed by atoms with van der Waals surface area (Å²) in [6.45, 7) is 8.65. The maximum atomic E-state index is 12.7. The van der Waals surface area contributed by atoms with E-state index in [0.717, 1.165) is 18.9 Å². The Hall–Kier alpha value is -2.55. The zero-order valence-electron chi connectivity index (χ0n) is 17.7. The molecule has 1 fully saturated rings. The summed E-state index contributed by atoms with van der Waals surface area (Å²) in [6.07, 6.45) is -3.06. The van der Waals surface area contributed by atoms with E-state index in [9.17, 15) is 18.3 Å². The van der Waals surface area contributed by atoms with Crippen LogP contribution < -0.4 is 15.0 Å². The molecule has 2 N–H and O–H groups in total. The average molecular weight is 424 g/mol. The molecule has 164 valence electrons. The average Bonchev–Trinajstić information content (AvgIpc) is 2.57. The Morgan fingerprint density at radius 2 is 1.70 bits per heavy atom. The van der Waals surface area contributed by atoms with E-state index in [-0.39, 0.29) is 34.1 Å². The molecule has 30 heavy (non-hydrogen) atoms. The molecular weight excluding hydrogens is 397 g/mol. The van der Waals surface area contributed by atoms with Gasteiger partial charge in [-0.25, -0.2) is 0 Å². The molecule has 0 unspecified atom stereocenters. The van der Waals surface area contributed by atoms with Crippen LogP contribution in [-0.4, -0.2) is 45.8 Å². The topological polar surface area (TPSA) is 70.5 Å². The van der Waals surface area contributed by atoms with Crippen molar-refractivity contribution in [1.29, 1.82) is 0 Å². The number of hydrogen-bond donors (Lipinski definition) is 2. The number of piperidine rings is 1. The number of phenols is 1. The van der Waals surface area contributed by atoms with E-state index in [4.69, 9.17) is 0 Å².